The highest BCUT2D eigenvalue weighted by molar-refractivity contribution is 9.10. The molecule has 1 aromatic heterocycles. The summed E-state index contributed by atoms with van der Waals surface area (Å²) in [5, 5.41) is 0.997. The zero-order chi connectivity index (χ0) is 15.1. The number of rotatable bonds is 3. The van der Waals surface area contributed by atoms with Gasteiger partial charge < -0.3 is 0 Å². The third kappa shape index (κ3) is 3.16. The van der Waals surface area contributed by atoms with E-state index in [2.05, 4.69) is 24.7 Å². The van der Waals surface area contributed by atoms with Crippen LogP contribution in [-0.4, -0.2) is 19.4 Å². The third-order valence-electron chi connectivity index (χ3n) is 2.95. The van der Waals surface area contributed by atoms with Crippen LogP contribution < -0.4 is 0 Å². The molecule has 1 unspecified atom stereocenters. The van der Waals surface area contributed by atoms with E-state index in [0.29, 0.717) is 27.5 Å². The second kappa shape index (κ2) is 5.87. The number of carbonyl (C=O) groups is 1. The van der Waals surface area contributed by atoms with Crippen molar-refractivity contribution < 1.29 is 4.79 Å². The fraction of sp³-hybridized carbons (Fsp3) is 0.462. The van der Waals surface area contributed by atoms with Crippen molar-refractivity contribution in [2.24, 2.45) is 5.41 Å². The lowest BCUT2D eigenvalue weighted by Gasteiger charge is -2.21. The molecule has 0 aliphatic carbocycles. The molecule has 1 heterocycles. The Hall–Kier alpha value is -0.230. The van der Waals surface area contributed by atoms with Gasteiger partial charge in [0.1, 0.15) is 11.0 Å². The lowest BCUT2D eigenvalue weighted by Crippen LogP contribution is -2.30. The summed E-state index contributed by atoms with van der Waals surface area (Å²) in [6, 6.07) is 1.66. The van der Waals surface area contributed by atoms with Gasteiger partial charge in [0, 0.05) is 16.0 Å². The average molecular weight is 396 g/mol. The van der Waals surface area contributed by atoms with Crippen LogP contribution in [0.3, 0.4) is 0 Å². The van der Waals surface area contributed by atoms with Gasteiger partial charge in [-0.15, -0.1) is 0 Å². The van der Waals surface area contributed by atoms with E-state index in [1.807, 2.05) is 20.8 Å². The number of fused-ring (bicyclic) bond motifs is 1. The van der Waals surface area contributed by atoms with E-state index in [9.17, 15) is 4.79 Å². The van der Waals surface area contributed by atoms with Gasteiger partial charge in [-0.05, 0) is 12.5 Å². The first-order valence-electron chi connectivity index (χ1n) is 5.99. The number of halogens is 3. The van der Waals surface area contributed by atoms with Gasteiger partial charge in [-0.3, -0.25) is 4.79 Å². The molecular formula is C13H13BrCl2N2OS. The number of alkyl halides is 1. The summed E-state index contributed by atoms with van der Waals surface area (Å²) < 4.78 is 8.41. The minimum absolute atomic E-state index is 0.125. The summed E-state index contributed by atoms with van der Waals surface area (Å²) in [7, 11) is 0. The molecule has 3 nitrogen and oxygen atoms in total. The lowest BCUT2D eigenvalue weighted by atomic mass is 9.87. The highest BCUT2D eigenvalue weighted by Gasteiger charge is 2.29. The number of nitrogens with zero attached hydrogens (tertiary/aromatic N) is 2. The molecule has 0 bridgehead atoms. The maximum atomic E-state index is 12.3. The predicted molar refractivity (Wildman–Crippen MR) is 88.3 cm³/mol. The Bertz CT molecular complexity index is 666. The third-order valence-corrected chi connectivity index (χ3v) is 4.84. The van der Waals surface area contributed by atoms with Gasteiger partial charge in [-0.25, -0.2) is 0 Å². The number of hydrogen-bond acceptors (Lipinski definition) is 4. The van der Waals surface area contributed by atoms with E-state index in [4.69, 9.17) is 23.2 Å². The van der Waals surface area contributed by atoms with Crippen LogP contribution in [0.5, 0.6) is 0 Å². The molecule has 108 valence electrons. The van der Waals surface area contributed by atoms with Gasteiger partial charge in [0.15, 0.2) is 5.78 Å². The first-order chi connectivity index (χ1) is 9.21. The Morgan fingerprint density at radius 1 is 1.30 bits per heavy atom. The zero-order valence-electron chi connectivity index (χ0n) is 11.2. The quantitative estimate of drug-likeness (QED) is 0.692. The lowest BCUT2D eigenvalue weighted by molar-refractivity contribution is -0.125. The average Bonchev–Trinajstić information content (AvgIpc) is 2.81. The van der Waals surface area contributed by atoms with Gasteiger partial charge in [0.2, 0.25) is 0 Å². The molecule has 1 atom stereocenters. The van der Waals surface area contributed by atoms with Gasteiger partial charge in [-0.1, -0.05) is 59.9 Å². The van der Waals surface area contributed by atoms with Gasteiger partial charge in [0.25, 0.3) is 0 Å². The highest BCUT2D eigenvalue weighted by atomic mass is 79.9. The molecule has 0 N–H and O–H groups in total. The van der Waals surface area contributed by atoms with Crippen molar-refractivity contribution in [3.8, 4) is 0 Å². The molecule has 0 fully saturated rings. The Kier molecular flexibility index (Phi) is 4.74. The molecule has 7 heteroatoms. The number of carbonyl (C=O) groups excluding carboxylic acids is 1. The van der Waals surface area contributed by atoms with E-state index in [1.165, 1.54) is 0 Å². The van der Waals surface area contributed by atoms with Crippen molar-refractivity contribution in [3.63, 3.8) is 0 Å². The SMILES string of the molecule is CC(C)(C)C(=O)C(Br)Cc1c(Cl)cc(Cl)c2nsnc12. The molecule has 0 radical (unpaired) electrons. The van der Waals surface area contributed by atoms with E-state index >= 15 is 0 Å². The van der Waals surface area contributed by atoms with E-state index in [1.54, 1.807) is 6.07 Å². The Labute approximate surface area is 140 Å². The molecule has 20 heavy (non-hydrogen) atoms. The molecule has 0 amide bonds. The first-order valence-corrected chi connectivity index (χ1v) is 8.39. The molecule has 0 saturated carbocycles. The normalized spacial score (nSPS) is 13.7. The molecule has 0 spiro atoms. The predicted octanol–water partition coefficient (Wildman–Crippen LogP) is 4.92. The topological polar surface area (TPSA) is 42.9 Å². The second-order valence-electron chi connectivity index (χ2n) is 5.57. The Morgan fingerprint density at radius 2 is 1.90 bits per heavy atom. The van der Waals surface area contributed by atoms with Gasteiger partial charge >= 0.3 is 0 Å². The summed E-state index contributed by atoms with van der Waals surface area (Å²) in [6.45, 7) is 5.69. The van der Waals surface area contributed by atoms with Crippen molar-refractivity contribution in [1.29, 1.82) is 0 Å². The number of aromatic nitrogens is 2. The maximum absolute atomic E-state index is 12.3. The zero-order valence-corrected chi connectivity index (χ0v) is 15.1. The molecule has 0 saturated heterocycles. The van der Waals surface area contributed by atoms with Crippen molar-refractivity contribution >= 4 is 67.7 Å². The van der Waals surface area contributed by atoms with Gasteiger partial charge in [-0.2, -0.15) is 8.75 Å². The van der Waals surface area contributed by atoms with Crippen LogP contribution in [0, 0.1) is 5.41 Å². The second-order valence-corrected chi connectivity index (χ2v) is 8.01. The van der Waals surface area contributed by atoms with Crippen LogP contribution in [0.15, 0.2) is 6.07 Å². The number of hydrogen-bond donors (Lipinski definition) is 0. The van der Waals surface area contributed by atoms with Gasteiger partial charge in [0.05, 0.1) is 21.6 Å². The minimum atomic E-state index is -0.410. The number of benzene rings is 1. The molecule has 0 aliphatic rings. The summed E-state index contributed by atoms with van der Waals surface area (Å²) in [6.07, 6.45) is 0.466. The molecule has 2 aromatic rings. The molecular weight excluding hydrogens is 383 g/mol. The maximum Gasteiger partial charge on any atom is 0.152 e. The fourth-order valence-corrected chi connectivity index (χ4v) is 4.08. The summed E-state index contributed by atoms with van der Waals surface area (Å²) >= 11 is 16.9. The Morgan fingerprint density at radius 3 is 2.50 bits per heavy atom. The van der Waals surface area contributed by atoms with Crippen LogP contribution in [0.1, 0.15) is 26.3 Å². The fourth-order valence-electron chi connectivity index (χ4n) is 1.86. The van der Waals surface area contributed by atoms with Crippen LogP contribution in [0.2, 0.25) is 10.0 Å². The largest absolute Gasteiger partial charge is 0.298 e. The Balaban J connectivity index is 2.40. The molecule has 0 aliphatic heterocycles. The first kappa shape index (κ1) is 16.1. The van der Waals surface area contributed by atoms with Crippen LogP contribution >= 0.6 is 50.9 Å². The summed E-state index contributed by atoms with van der Waals surface area (Å²) in [5.41, 5.74) is 1.71. The summed E-state index contributed by atoms with van der Waals surface area (Å²) in [5.74, 6) is 0.125. The van der Waals surface area contributed by atoms with E-state index < -0.39 is 5.41 Å². The van der Waals surface area contributed by atoms with E-state index in [-0.39, 0.29) is 10.6 Å². The van der Waals surface area contributed by atoms with Crippen molar-refractivity contribution in [1.82, 2.24) is 8.75 Å². The number of Topliss-reactive ketones (excluding diaryl/α,β-unsaturated/α-hetero) is 1. The molecule has 1 aromatic carbocycles. The smallest absolute Gasteiger partial charge is 0.152 e. The van der Waals surface area contributed by atoms with Crippen LogP contribution in [0.4, 0.5) is 0 Å². The van der Waals surface area contributed by atoms with Crippen molar-refractivity contribution in [2.45, 2.75) is 32.0 Å². The molecule has 2 rings (SSSR count). The highest BCUT2D eigenvalue weighted by Crippen LogP contribution is 2.34. The number of ketones is 1. The minimum Gasteiger partial charge on any atom is -0.298 e. The standard InChI is InChI=1S/C13H13BrCl2N2OS/c1-13(2,3)12(19)7(14)4-6-8(15)5-9(16)11-10(6)17-20-18-11/h5,7H,4H2,1-3H3. The van der Waals surface area contributed by atoms with Crippen molar-refractivity contribution in [2.75, 3.05) is 0 Å². The van der Waals surface area contributed by atoms with E-state index in [0.717, 1.165) is 17.3 Å². The van der Waals surface area contributed by atoms with Crippen molar-refractivity contribution in [3.05, 3.63) is 21.7 Å². The van der Waals surface area contributed by atoms with Crippen LogP contribution in [0.25, 0.3) is 11.0 Å². The van der Waals surface area contributed by atoms with Crippen LogP contribution in [-0.2, 0) is 11.2 Å². The summed E-state index contributed by atoms with van der Waals surface area (Å²) in [4.78, 5) is 12.0. The monoisotopic (exact) mass is 394 g/mol.